The van der Waals surface area contributed by atoms with Crippen molar-refractivity contribution in [2.75, 3.05) is 6.61 Å². The molecule has 4 rings (SSSR count). The first-order valence-electron chi connectivity index (χ1n) is 10.5. The average molecular weight is 564 g/mol. The molecule has 166 valence electrons. The van der Waals surface area contributed by atoms with Crippen LogP contribution in [0.4, 0.5) is 0 Å². The average Bonchev–Trinajstić information content (AvgIpc) is 3.21. The van der Waals surface area contributed by atoms with E-state index in [9.17, 15) is 0 Å². The molecule has 30 heavy (non-hydrogen) atoms. The van der Waals surface area contributed by atoms with Crippen LogP contribution in [-0.2, 0) is 13.9 Å². The highest BCUT2D eigenvalue weighted by atomic mass is 127. The number of halogens is 2. The third-order valence-corrected chi connectivity index (χ3v) is 12.4. The Bertz CT molecular complexity index is 959. The first-order chi connectivity index (χ1) is 13.8. The van der Waals surface area contributed by atoms with Crippen molar-refractivity contribution in [3.05, 3.63) is 21.2 Å². The molecule has 2 aliphatic rings. The minimum atomic E-state index is -1.84. The van der Waals surface area contributed by atoms with Gasteiger partial charge in [-0.15, -0.1) is 0 Å². The number of nitrogens with zero attached hydrogens (tertiary/aromatic N) is 3. The molecule has 1 aliphatic carbocycles. The van der Waals surface area contributed by atoms with Gasteiger partial charge in [-0.1, -0.05) is 20.8 Å². The van der Waals surface area contributed by atoms with Crippen molar-refractivity contribution < 1.29 is 13.9 Å². The molecule has 6 nitrogen and oxygen atoms in total. The summed E-state index contributed by atoms with van der Waals surface area (Å²) < 4.78 is 22.7. The number of rotatable bonds is 4. The summed E-state index contributed by atoms with van der Waals surface area (Å²) in [6.45, 7) is 16.1. The molecule has 0 amide bonds. The molecule has 1 saturated carbocycles. The normalized spacial score (nSPS) is 29.0. The number of aromatic nitrogens is 3. The van der Waals surface area contributed by atoms with Crippen molar-refractivity contribution in [3.63, 3.8) is 0 Å². The second-order valence-corrected chi connectivity index (χ2v) is 16.8. The van der Waals surface area contributed by atoms with Crippen LogP contribution in [0, 0.1) is 9.49 Å². The van der Waals surface area contributed by atoms with Gasteiger partial charge >= 0.3 is 0 Å². The van der Waals surface area contributed by atoms with Gasteiger partial charge in [0.2, 0.25) is 5.28 Å². The van der Waals surface area contributed by atoms with Crippen LogP contribution >= 0.6 is 34.2 Å². The van der Waals surface area contributed by atoms with E-state index in [1.165, 1.54) is 0 Å². The fourth-order valence-electron chi connectivity index (χ4n) is 4.25. The van der Waals surface area contributed by atoms with Gasteiger partial charge in [0.1, 0.15) is 11.8 Å². The van der Waals surface area contributed by atoms with E-state index < -0.39 is 14.1 Å². The molecule has 1 saturated heterocycles. The summed E-state index contributed by atoms with van der Waals surface area (Å²) in [4.78, 5) is 8.68. The second-order valence-electron chi connectivity index (χ2n) is 10.5. The summed E-state index contributed by atoms with van der Waals surface area (Å²) in [5.41, 5.74) is 0.849. The van der Waals surface area contributed by atoms with Crippen molar-refractivity contribution in [2.24, 2.45) is 5.92 Å². The maximum atomic E-state index is 6.60. The van der Waals surface area contributed by atoms with Crippen LogP contribution in [0.3, 0.4) is 0 Å². The topological polar surface area (TPSA) is 58.4 Å². The van der Waals surface area contributed by atoms with E-state index in [1.54, 1.807) is 6.20 Å². The molecule has 9 heteroatoms. The Kier molecular flexibility index (Phi) is 5.85. The molecule has 3 heterocycles. The van der Waals surface area contributed by atoms with Crippen molar-refractivity contribution >= 4 is 53.5 Å². The van der Waals surface area contributed by atoms with Crippen LogP contribution in [0.15, 0.2) is 12.4 Å². The lowest BCUT2D eigenvalue weighted by molar-refractivity contribution is -0.161. The van der Waals surface area contributed by atoms with E-state index in [0.717, 1.165) is 21.0 Å². The maximum absolute atomic E-state index is 6.60. The molecule has 0 bridgehead atoms. The predicted molar refractivity (Wildman–Crippen MR) is 129 cm³/mol. The van der Waals surface area contributed by atoms with Gasteiger partial charge in [0.25, 0.3) is 0 Å². The first-order valence-corrected chi connectivity index (χ1v) is 14.8. The van der Waals surface area contributed by atoms with Crippen LogP contribution in [-0.4, -0.2) is 47.5 Å². The van der Waals surface area contributed by atoms with Crippen molar-refractivity contribution in [1.82, 2.24) is 14.5 Å². The lowest BCUT2D eigenvalue weighted by Crippen LogP contribution is -2.43. The van der Waals surface area contributed by atoms with Crippen LogP contribution in [0.1, 0.15) is 47.1 Å². The predicted octanol–water partition coefficient (Wildman–Crippen LogP) is 5.79. The Hall–Kier alpha value is -0.263. The van der Waals surface area contributed by atoms with Gasteiger partial charge in [0.15, 0.2) is 14.1 Å². The van der Waals surface area contributed by atoms with Gasteiger partial charge in [0.05, 0.1) is 17.5 Å². The highest BCUT2D eigenvalue weighted by Gasteiger charge is 2.55. The summed E-state index contributed by atoms with van der Waals surface area (Å²) in [5, 5.41) is 1.45. The van der Waals surface area contributed by atoms with E-state index in [-0.39, 0.29) is 34.5 Å². The summed E-state index contributed by atoms with van der Waals surface area (Å²) in [5.74, 6) is -0.338. The van der Waals surface area contributed by atoms with Crippen LogP contribution < -0.4 is 0 Å². The smallest absolute Gasteiger partial charge is 0.224 e. The summed E-state index contributed by atoms with van der Waals surface area (Å²) >= 11 is 8.46. The zero-order chi connectivity index (χ0) is 22.1. The van der Waals surface area contributed by atoms with Gasteiger partial charge in [-0.2, -0.15) is 4.98 Å². The van der Waals surface area contributed by atoms with Gasteiger partial charge in [-0.3, -0.25) is 0 Å². The van der Waals surface area contributed by atoms with E-state index in [1.807, 2.05) is 13.8 Å². The molecule has 1 aliphatic heterocycles. The monoisotopic (exact) mass is 563 g/mol. The Morgan fingerprint density at radius 1 is 1.30 bits per heavy atom. The Morgan fingerprint density at radius 3 is 2.63 bits per heavy atom. The SMILES string of the molecule is CC1(C)O[C@@H]2[C@@H](CO[Si](C)(C)C(C)(C)C)C[C@@H](n3cc(I)c4cnc(Cl)nc43)[C@@H]2O1. The molecule has 4 atom stereocenters. The highest BCUT2D eigenvalue weighted by Crippen LogP contribution is 2.49. The molecular weight excluding hydrogens is 533 g/mol. The largest absolute Gasteiger partial charge is 0.416 e. The van der Waals surface area contributed by atoms with E-state index in [0.29, 0.717) is 6.61 Å². The van der Waals surface area contributed by atoms with E-state index in [2.05, 4.69) is 77.2 Å². The fraction of sp³-hybridized carbons (Fsp3) is 0.714. The third-order valence-electron chi connectivity index (χ3n) is 6.87. The Balaban J connectivity index is 1.65. The summed E-state index contributed by atoms with van der Waals surface area (Å²) in [6, 6.07) is 0.113. The molecule has 0 unspecified atom stereocenters. The maximum Gasteiger partial charge on any atom is 0.224 e. The number of hydrogen-bond acceptors (Lipinski definition) is 5. The van der Waals surface area contributed by atoms with Gasteiger partial charge < -0.3 is 18.5 Å². The van der Waals surface area contributed by atoms with Gasteiger partial charge in [-0.05, 0) is 72.6 Å². The van der Waals surface area contributed by atoms with Gasteiger partial charge in [0, 0.05) is 28.5 Å². The summed E-state index contributed by atoms with van der Waals surface area (Å²) in [6.07, 6.45) is 4.80. The third kappa shape index (κ3) is 4.08. The van der Waals surface area contributed by atoms with E-state index >= 15 is 0 Å². The lowest BCUT2D eigenvalue weighted by Gasteiger charge is -2.37. The van der Waals surface area contributed by atoms with Gasteiger partial charge in [-0.25, -0.2) is 4.98 Å². The Morgan fingerprint density at radius 2 is 1.97 bits per heavy atom. The molecule has 0 radical (unpaired) electrons. The molecular formula is C21H31ClIN3O3Si. The van der Waals surface area contributed by atoms with Crippen molar-refractivity contribution in [1.29, 1.82) is 0 Å². The van der Waals surface area contributed by atoms with Crippen LogP contribution in [0.25, 0.3) is 11.0 Å². The molecule has 0 N–H and O–H groups in total. The van der Waals surface area contributed by atoms with Crippen LogP contribution in [0.2, 0.25) is 23.4 Å². The second kappa shape index (κ2) is 7.66. The van der Waals surface area contributed by atoms with Crippen molar-refractivity contribution in [3.8, 4) is 0 Å². The standard InChI is InChI=1S/C21H31ClIN3O3Si/c1-20(2,3)30(6,7)27-11-12-8-15(17-16(12)28-21(4,5)29-17)26-10-14(23)13-9-24-19(22)25-18(13)26/h9-10,12,15-17H,8,11H2,1-7H3/t12-,15-,16-,17+/m1/s1. The highest BCUT2D eigenvalue weighted by molar-refractivity contribution is 14.1. The minimum absolute atomic E-state index is 0.00203. The lowest BCUT2D eigenvalue weighted by atomic mass is 10.1. The molecule has 0 aromatic carbocycles. The Labute approximate surface area is 198 Å². The quantitative estimate of drug-likeness (QED) is 0.268. The summed E-state index contributed by atoms with van der Waals surface area (Å²) in [7, 11) is -1.84. The molecule has 2 aromatic rings. The van der Waals surface area contributed by atoms with E-state index in [4.69, 9.17) is 25.5 Å². The number of hydrogen-bond donors (Lipinski definition) is 0. The molecule has 2 aromatic heterocycles. The molecule has 2 fully saturated rings. The first kappa shape index (κ1) is 22.9. The van der Waals surface area contributed by atoms with Crippen LogP contribution in [0.5, 0.6) is 0 Å². The minimum Gasteiger partial charge on any atom is -0.416 e. The zero-order valence-electron chi connectivity index (χ0n) is 18.7. The van der Waals surface area contributed by atoms with Crippen molar-refractivity contribution in [2.45, 2.75) is 83.2 Å². The number of fused-ring (bicyclic) bond motifs is 2. The fourth-order valence-corrected chi connectivity index (χ4v) is 6.12. The zero-order valence-corrected chi connectivity index (χ0v) is 22.6. The molecule has 0 spiro atoms. The number of ether oxygens (including phenoxy) is 2.